The van der Waals surface area contributed by atoms with Crippen LogP contribution in [0.25, 0.3) is 0 Å². The van der Waals surface area contributed by atoms with Crippen LogP contribution in [0.1, 0.15) is 69.7 Å². The van der Waals surface area contributed by atoms with Crippen LogP contribution in [0.4, 0.5) is 22.0 Å². The zero-order chi connectivity index (χ0) is 33.3. The maximum atomic E-state index is 14.0. The van der Waals surface area contributed by atoms with Crippen LogP contribution in [0.3, 0.4) is 0 Å². The fraction of sp³-hybridized carbons (Fsp3) is 0.353. The molecular formula is C34H36F5N3O3. The molecule has 0 bridgehead atoms. The molecule has 0 aliphatic carbocycles. The molecule has 2 amide bonds. The van der Waals surface area contributed by atoms with E-state index in [1.165, 1.54) is 30.3 Å². The number of benzene rings is 3. The molecule has 3 rings (SSSR count). The number of halogens is 5. The Bertz CT molecular complexity index is 1510. The van der Waals surface area contributed by atoms with Gasteiger partial charge < -0.3 is 20.6 Å². The lowest BCUT2D eigenvalue weighted by Crippen LogP contribution is -2.46. The van der Waals surface area contributed by atoms with E-state index in [4.69, 9.17) is 12.2 Å². The Morgan fingerprint density at radius 2 is 1.47 bits per heavy atom. The summed E-state index contributed by atoms with van der Waals surface area (Å²) in [7, 11) is 0. The summed E-state index contributed by atoms with van der Waals surface area (Å²) in [6.45, 7) is 4.01. The molecule has 0 radical (unpaired) electrons. The van der Waals surface area contributed by atoms with Crippen molar-refractivity contribution in [3.05, 3.63) is 106 Å². The molecule has 240 valence electrons. The molecule has 0 heterocycles. The molecule has 0 spiro atoms. The first-order valence-corrected chi connectivity index (χ1v) is 14.5. The van der Waals surface area contributed by atoms with Crippen LogP contribution in [-0.4, -0.2) is 58.5 Å². The Morgan fingerprint density at radius 3 is 2.00 bits per heavy atom. The fourth-order valence-electron chi connectivity index (χ4n) is 4.96. The van der Waals surface area contributed by atoms with Gasteiger partial charge in [0.2, 0.25) is 0 Å². The van der Waals surface area contributed by atoms with Gasteiger partial charge in [0.05, 0.1) is 11.7 Å². The molecular weight excluding hydrogens is 593 g/mol. The minimum absolute atomic E-state index is 0.0123. The van der Waals surface area contributed by atoms with Crippen molar-refractivity contribution < 1.29 is 36.6 Å². The van der Waals surface area contributed by atoms with Crippen LogP contribution in [0, 0.1) is 24.0 Å². The minimum atomic E-state index is -4.63. The van der Waals surface area contributed by atoms with Crippen molar-refractivity contribution in [1.82, 2.24) is 9.80 Å². The van der Waals surface area contributed by atoms with Gasteiger partial charge in [-0.1, -0.05) is 31.9 Å². The average Bonchev–Trinajstić information content (AvgIpc) is 2.98. The monoisotopic (exact) mass is 629 g/mol. The highest BCUT2D eigenvalue weighted by atomic mass is 19.4. The molecule has 6 nitrogen and oxygen atoms in total. The Kier molecular flexibility index (Phi) is 12.2. The number of nitrogens with two attached hydrogens (primary N) is 1. The third-order valence-electron chi connectivity index (χ3n) is 7.08. The van der Waals surface area contributed by atoms with Crippen molar-refractivity contribution in [3.8, 4) is 12.3 Å². The number of terminal acetylenes is 1. The first kappa shape index (κ1) is 35.2. The van der Waals surface area contributed by atoms with Gasteiger partial charge in [-0.2, -0.15) is 13.2 Å². The number of carbonyl (C=O) groups is 2. The normalized spacial score (nSPS) is 12.7. The van der Waals surface area contributed by atoms with Crippen molar-refractivity contribution in [2.45, 2.75) is 58.0 Å². The number of rotatable bonds is 13. The van der Waals surface area contributed by atoms with E-state index >= 15 is 0 Å². The van der Waals surface area contributed by atoms with Crippen LogP contribution in [0.5, 0.6) is 0 Å². The average molecular weight is 630 g/mol. The van der Waals surface area contributed by atoms with Crippen LogP contribution in [0.15, 0.2) is 60.7 Å². The van der Waals surface area contributed by atoms with E-state index in [2.05, 4.69) is 5.92 Å². The Morgan fingerprint density at radius 1 is 0.889 bits per heavy atom. The van der Waals surface area contributed by atoms with Gasteiger partial charge in [0.15, 0.2) is 0 Å². The predicted molar refractivity (Wildman–Crippen MR) is 161 cm³/mol. The number of hydrogen-bond acceptors (Lipinski definition) is 4. The maximum Gasteiger partial charge on any atom is 0.416 e. The molecule has 0 aromatic heterocycles. The summed E-state index contributed by atoms with van der Waals surface area (Å²) < 4.78 is 67.7. The van der Waals surface area contributed by atoms with Crippen LogP contribution in [0.2, 0.25) is 0 Å². The molecule has 0 aliphatic heterocycles. The first-order valence-electron chi connectivity index (χ1n) is 14.5. The third kappa shape index (κ3) is 9.86. The topological polar surface area (TPSA) is 86.9 Å². The minimum Gasteiger partial charge on any atom is -0.390 e. The van der Waals surface area contributed by atoms with Gasteiger partial charge in [0, 0.05) is 55.0 Å². The summed E-state index contributed by atoms with van der Waals surface area (Å²) in [6, 6.07) is 10.3. The highest BCUT2D eigenvalue weighted by Gasteiger charge is 2.31. The Balaban J connectivity index is 1.99. The van der Waals surface area contributed by atoms with E-state index < -0.39 is 48.0 Å². The van der Waals surface area contributed by atoms with Gasteiger partial charge in [-0.05, 0) is 72.9 Å². The number of nitrogens with zero attached hydrogens (tertiary/aromatic N) is 2. The molecule has 0 unspecified atom stereocenters. The lowest BCUT2D eigenvalue weighted by atomic mass is 10.00. The lowest BCUT2D eigenvalue weighted by molar-refractivity contribution is -0.137. The second-order valence-electron chi connectivity index (χ2n) is 10.8. The quantitative estimate of drug-likeness (QED) is 0.185. The molecule has 0 fully saturated rings. The second kappa shape index (κ2) is 15.6. The number of carbonyl (C=O) groups excluding carboxylic acids is 2. The van der Waals surface area contributed by atoms with E-state index in [-0.39, 0.29) is 46.7 Å². The van der Waals surface area contributed by atoms with Crippen molar-refractivity contribution >= 4 is 11.8 Å². The number of aliphatic hydroxyl groups is 1. The summed E-state index contributed by atoms with van der Waals surface area (Å²) in [5.41, 5.74) is 5.91. The van der Waals surface area contributed by atoms with Gasteiger partial charge in [0.25, 0.3) is 11.8 Å². The van der Waals surface area contributed by atoms with Crippen molar-refractivity contribution in [2.24, 2.45) is 5.73 Å². The van der Waals surface area contributed by atoms with Gasteiger partial charge >= 0.3 is 6.18 Å². The number of hydrogen-bond donors (Lipinski definition) is 2. The third-order valence-corrected chi connectivity index (χ3v) is 7.08. The molecule has 0 saturated carbocycles. The van der Waals surface area contributed by atoms with Crippen LogP contribution >= 0.6 is 0 Å². The first-order chi connectivity index (χ1) is 21.2. The fourth-order valence-corrected chi connectivity index (χ4v) is 4.96. The van der Waals surface area contributed by atoms with Crippen LogP contribution in [-0.2, 0) is 19.1 Å². The van der Waals surface area contributed by atoms with Gasteiger partial charge in [-0.15, -0.1) is 6.42 Å². The summed E-state index contributed by atoms with van der Waals surface area (Å²) in [5, 5.41) is 11.0. The smallest absolute Gasteiger partial charge is 0.390 e. The standard InChI is InChI=1S/C34H36F5N3O3/c1-4-10-41(11-5-2)32(44)25-12-22(6-3)13-26(18-25)33(45)42(20-23-8-7-9-27(14-23)34(37,38)39)21-31(43)30(40)17-24-15-28(35)19-29(36)16-24/h3,7-9,12-16,18-19,30-31,43H,4-5,10-11,17,20-21,40H2,1-2H3/t30-,31+/m0/s1. The molecule has 0 saturated heterocycles. The summed E-state index contributed by atoms with van der Waals surface area (Å²) in [4.78, 5) is 30.1. The highest BCUT2D eigenvalue weighted by Crippen LogP contribution is 2.30. The molecule has 2 atom stereocenters. The van der Waals surface area contributed by atoms with Crippen molar-refractivity contribution in [1.29, 1.82) is 0 Å². The lowest BCUT2D eigenvalue weighted by Gasteiger charge is -2.29. The van der Waals surface area contributed by atoms with E-state index in [1.54, 1.807) is 4.90 Å². The molecule has 3 aromatic carbocycles. The van der Waals surface area contributed by atoms with E-state index in [1.807, 2.05) is 13.8 Å². The predicted octanol–water partition coefficient (Wildman–Crippen LogP) is 5.80. The van der Waals surface area contributed by atoms with Crippen molar-refractivity contribution in [3.63, 3.8) is 0 Å². The summed E-state index contributed by atoms with van der Waals surface area (Å²) in [5.74, 6) is -0.287. The second-order valence-corrected chi connectivity index (χ2v) is 10.8. The molecule has 3 N–H and O–H groups in total. The molecule has 3 aromatic rings. The van der Waals surface area contributed by atoms with E-state index in [0.29, 0.717) is 32.0 Å². The Hall–Kier alpha value is -4.27. The number of aliphatic hydroxyl groups excluding tert-OH is 1. The van der Waals surface area contributed by atoms with E-state index in [0.717, 1.165) is 29.2 Å². The van der Waals surface area contributed by atoms with Gasteiger partial charge in [-0.3, -0.25) is 9.59 Å². The summed E-state index contributed by atoms with van der Waals surface area (Å²) >= 11 is 0. The molecule has 0 aliphatic rings. The van der Waals surface area contributed by atoms with E-state index in [9.17, 15) is 36.6 Å². The van der Waals surface area contributed by atoms with Crippen molar-refractivity contribution in [2.75, 3.05) is 19.6 Å². The zero-order valence-corrected chi connectivity index (χ0v) is 25.1. The molecule has 45 heavy (non-hydrogen) atoms. The number of alkyl halides is 3. The maximum absolute atomic E-state index is 14.0. The Labute approximate surface area is 259 Å². The summed E-state index contributed by atoms with van der Waals surface area (Å²) in [6.07, 6.45) is 0.809. The molecule has 11 heteroatoms. The van der Waals surface area contributed by atoms with Gasteiger partial charge in [-0.25, -0.2) is 8.78 Å². The zero-order valence-electron chi connectivity index (χ0n) is 25.1. The SMILES string of the molecule is C#Cc1cc(C(=O)N(CCC)CCC)cc(C(=O)N(Cc2cccc(C(F)(F)F)c2)C[C@@H](O)[C@@H](N)Cc2cc(F)cc(F)c2)c1. The highest BCUT2D eigenvalue weighted by molar-refractivity contribution is 6.00. The number of amides is 2. The van der Waals surface area contributed by atoms with Crippen LogP contribution < -0.4 is 5.73 Å². The van der Waals surface area contributed by atoms with Gasteiger partial charge in [0.1, 0.15) is 11.6 Å². The largest absolute Gasteiger partial charge is 0.416 e.